The zero-order valence-electron chi connectivity index (χ0n) is 15.8. The van der Waals surface area contributed by atoms with Crippen LogP contribution in [0.1, 0.15) is 10.5 Å². The predicted molar refractivity (Wildman–Crippen MR) is 113 cm³/mol. The van der Waals surface area contributed by atoms with Gasteiger partial charge in [-0.2, -0.15) is 5.10 Å². The van der Waals surface area contributed by atoms with Gasteiger partial charge in [0.1, 0.15) is 16.0 Å². The summed E-state index contributed by atoms with van der Waals surface area (Å²) in [4.78, 5) is 23.6. The maximum Gasteiger partial charge on any atom is 0.274 e. The van der Waals surface area contributed by atoms with E-state index in [1.54, 1.807) is 24.4 Å². The van der Waals surface area contributed by atoms with Crippen LogP contribution >= 0.6 is 15.9 Å². The molecule has 0 spiro atoms. The van der Waals surface area contributed by atoms with Gasteiger partial charge in [0.05, 0.1) is 31.1 Å². The number of nitrogens with one attached hydrogen (secondary N) is 1. The lowest BCUT2D eigenvalue weighted by Gasteiger charge is -2.26. The molecule has 1 saturated heterocycles. The lowest BCUT2D eigenvalue weighted by molar-refractivity contribution is 0.0360. The van der Waals surface area contributed by atoms with Gasteiger partial charge >= 0.3 is 0 Å². The molecular formula is C20H21BrN6O2. The highest BCUT2D eigenvalue weighted by Crippen LogP contribution is 2.25. The van der Waals surface area contributed by atoms with Crippen molar-refractivity contribution in [3.63, 3.8) is 0 Å². The third-order valence-corrected chi connectivity index (χ3v) is 5.06. The van der Waals surface area contributed by atoms with Crippen molar-refractivity contribution in [2.24, 2.45) is 0 Å². The number of carbonyl (C=O) groups is 1. The van der Waals surface area contributed by atoms with E-state index in [1.165, 1.54) is 0 Å². The number of hydrogen-bond donors (Lipinski definition) is 1. The van der Waals surface area contributed by atoms with Gasteiger partial charge in [-0.05, 0) is 40.2 Å². The number of amides is 1. The molecule has 1 amide bonds. The molecule has 29 heavy (non-hydrogen) atoms. The Bertz CT molecular complexity index is 972. The van der Waals surface area contributed by atoms with E-state index in [0.29, 0.717) is 33.9 Å². The fourth-order valence-electron chi connectivity index (χ4n) is 3.11. The number of hydrogen-bond acceptors (Lipinski definition) is 6. The summed E-state index contributed by atoms with van der Waals surface area (Å²) in [6.07, 6.45) is 3.56. The Kier molecular flexibility index (Phi) is 6.28. The highest BCUT2D eigenvalue weighted by molar-refractivity contribution is 9.10. The quantitative estimate of drug-likeness (QED) is 0.573. The molecule has 1 aliphatic rings. The number of aromatic nitrogens is 4. The van der Waals surface area contributed by atoms with Crippen molar-refractivity contribution in [1.29, 1.82) is 0 Å². The first-order valence-electron chi connectivity index (χ1n) is 9.42. The summed E-state index contributed by atoms with van der Waals surface area (Å²) in [6.45, 7) is 4.95. The predicted octanol–water partition coefficient (Wildman–Crippen LogP) is 2.69. The third-order valence-electron chi connectivity index (χ3n) is 4.61. The molecule has 0 unspecified atom stereocenters. The molecule has 3 aromatic rings. The average molecular weight is 457 g/mol. The molecular weight excluding hydrogens is 436 g/mol. The number of rotatable bonds is 6. The molecule has 0 radical (unpaired) electrons. The van der Waals surface area contributed by atoms with E-state index in [1.807, 2.05) is 29.1 Å². The number of anilines is 1. The number of nitrogens with zero attached hydrogens (tertiary/aromatic N) is 5. The lowest BCUT2D eigenvalue weighted by Crippen LogP contribution is -2.38. The molecule has 1 fully saturated rings. The molecule has 1 N–H and O–H groups in total. The Hall–Kier alpha value is -2.62. The molecule has 0 aliphatic carbocycles. The highest BCUT2D eigenvalue weighted by atomic mass is 79.9. The maximum absolute atomic E-state index is 12.7. The van der Waals surface area contributed by atoms with Crippen LogP contribution in [0.4, 0.5) is 5.69 Å². The van der Waals surface area contributed by atoms with E-state index in [2.05, 4.69) is 41.2 Å². The molecule has 1 aliphatic heterocycles. The van der Waals surface area contributed by atoms with E-state index in [9.17, 15) is 4.79 Å². The third kappa shape index (κ3) is 5.06. The summed E-state index contributed by atoms with van der Waals surface area (Å²) >= 11 is 3.30. The Morgan fingerprint density at radius 2 is 2.00 bits per heavy atom. The minimum Gasteiger partial charge on any atom is -0.379 e. The van der Waals surface area contributed by atoms with Crippen LogP contribution in [-0.4, -0.2) is 63.4 Å². The number of ether oxygens (including phenoxy) is 1. The molecule has 150 valence electrons. The van der Waals surface area contributed by atoms with Crippen LogP contribution in [0.3, 0.4) is 0 Å². The first-order chi connectivity index (χ1) is 14.2. The van der Waals surface area contributed by atoms with Crippen LogP contribution in [-0.2, 0) is 11.3 Å². The van der Waals surface area contributed by atoms with Gasteiger partial charge in [0.25, 0.3) is 5.91 Å². The standard InChI is InChI=1S/C20H21BrN6O2/c21-18-6-3-5-16(23-18)20(28)24-17-14-27(9-8-26-10-12-29-13-11-26)25-19(17)15-4-1-2-7-22-15/h1-7,14H,8-13H2,(H,24,28). The zero-order valence-corrected chi connectivity index (χ0v) is 17.4. The van der Waals surface area contributed by atoms with E-state index in [-0.39, 0.29) is 5.91 Å². The van der Waals surface area contributed by atoms with Crippen molar-refractivity contribution < 1.29 is 9.53 Å². The summed E-state index contributed by atoms with van der Waals surface area (Å²) in [7, 11) is 0. The second-order valence-corrected chi connectivity index (χ2v) is 7.44. The first kappa shape index (κ1) is 19.7. The fourth-order valence-corrected chi connectivity index (χ4v) is 3.45. The first-order valence-corrected chi connectivity index (χ1v) is 10.2. The minimum absolute atomic E-state index is 0.295. The van der Waals surface area contributed by atoms with Crippen molar-refractivity contribution >= 4 is 27.5 Å². The molecule has 0 bridgehead atoms. The van der Waals surface area contributed by atoms with Gasteiger partial charge in [-0.25, -0.2) is 4.98 Å². The summed E-state index contributed by atoms with van der Waals surface area (Å²) in [5.74, 6) is -0.295. The molecule has 8 nitrogen and oxygen atoms in total. The number of carbonyl (C=O) groups excluding carboxylic acids is 1. The molecule has 0 saturated carbocycles. The van der Waals surface area contributed by atoms with Gasteiger partial charge in [-0.15, -0.1) is 0 Å². The smallest absolute Gasteiger partial charge is 0.274 e. The van der Waals surface area contributed by atoms with Crippen LogP contribution in [0.15, 0.2) is 53.4 Å². The SMILES string of the molecule is O=C(Nc1cn(CCN2CCOCC2)nc1-c1ccccn1)c1cccc(Br)n1. The van der Waals surface area contributed by atoms with Crippen molar-refractivity contribution in [3.8, 4) is 11.4 Å². The summed E-state index contributed by atoms with van der Waals surface area (Å²) in [5, 5.41) is 7.61. The Morgan fingerprint density at radius 3 is 2.76 bits per heavy atom. The normalized spacial score (nSPS) is 14.7. The molecule has 4 heterocycles. The van der Waals surface area contributed by atoms with Crippen LogP contribution in [0.2, 0.25) is 0 Å². The van der Waals surface area contributed by atoms with Gasteiger partial charge in [-0.1, -0.05) is 12.1 Å². The largest absolute Gasteiger partial charge is 0.379 e. The van der Waals surface area contributed by atoms with E-state index in [0.717, 1.165) is 32.8 Å². The Morgan fingerprint density at radius 1 is 1.14 bits per heavy atom. The van der Waals surface area contributed by atoms with Gasteiger partial charge in [-0.3, -0.25) is 19.4 Å². The van der Waals surface area contributed by atoms with Gasteiger partial charge in [0.2, 0.25) is 0 Å². The molecule has 9 heteroatoms. The highest BCUT2D eigenvalue weighted by Gasteiger charge is 2.17. The van der Waals surface area contributed by atoms with Crippen molar-refractivity contribution in [3.05, 3.63) is 59.1 Å². The van der Waals surface area contributed by atoms with Crippen LogP contribution in [0.25, 0.3) is 11.4 Å². The van der Waals surface area contributed by atoms with E-state index in [4.69, 9.17) is 4.74 Å². The monoisotopic (exact) mass is 456 g/mol. The van der Waals surface area contributed by atoms with Crippen molar-refractivity contribution in [1.82, 2.24) is 24.6 Å². The minimum atomic E-state index is -0.295. The van der Waals surface area contributed by atoms with E-state index >= 15 is 0 Å². The maximum atomic E-state index is 12.7. The summed E-state index contributed by atoms with van der Waals surface area (Å²) < 4.78 is 7.86. The topological polar surface area (TPSA) is 85.2 Å². The van der Waals surface area contributed by atoms with Crippen molar-refractivity contribution in [2.45, 2.75) is 6.54 Å². The van der Waals surface area contributed by atoms with Gasteiger partial charge < -0.3 is 10.1 Å². The second-order valence-electron chi connectivity index (χ2n) is 6.62. The van der Waals surface area contributed by atoms with Crippen molar-refractivity contribution in [2.75, 3.05) is 38.2 Å². The molecule has 0 aromatic carbocycles. The van der Waals surface area contributed by atoms with Crippen LogP contribution in [0, 0.1) is 0 Å². The number of morpholine rings is 1. The molecule has 0 atom stereocenters. The Balaban J connectivity index is 1.55. The van der Waals surface area contributed by atoms with Gasteiger partial charge in [0.15, 0.2) is 0 Å². The average Bonchev–Trinajstić information content (AvgIpc) is 3.16. The fraction of sp³-hybridized carbons (Fsp3) is 0.300. The number of halogens is 1. The van der Waals surface area contributed by atoms with Crippen LogP contribution < -0.4 is 5.32 Å². The van der Waals surface area contributed by atoms with Gasteiger partial charge in [0, 0.05) is 32.0 Å². The summed E-state index contributed by atoms with van der Waals surface area (Å²) in [6, 6.07) is 10.8. The second kappa shape index (κ2) is 9.25. The summed E-state index contributed by atoms with van der Waals surface area (Å²) in [5.41, 5.74) is 2.27. The number of pyridine rings is 2. The Labute approximate surface area is 177 Å². The molecule has 3 aromatic heterocycles. The van der Waals surface area contributed by atoms with Crippen LogP contribution in [0.5, 0.6) is 0 Å². The zero-order chi connectivity index (χ0) is 20.1. The van der Waals surface area contributed by atoms with E-state index < -0.39 is 0 Å². The lowest BCUT2D eigenvalue weighted by atomic mass is 10.2. The molecule has 4 rings (SSSR count).